The molecule has 0 saturated heterocycles. The van der Waals surface area contributed by atoms with E-state index in [0.717, 1.165) is 110 Å². The van der Waals surface area contributed by atoms with Crippen LogP contribution in [0.1, 0.15) is 297 Å². The highest BCUT2D eigenvalue weighted by Gasteiger charge is 2.63. The monoisotopic (exact) mass is 1340 g/mol. The van der Waals surface area contributed by atoms with Crippen LogP contribution in [0.3, 0.4) is 0 Å². The van der Waals surface area contributed by atoms with Crippen LogP contribution in [-0.4, -0.2) is 78.7 Å². The van der Waals surface area contributed by atoms with Gasteiger partial charge in [-0.15, -0.1) is 22.7 Å². The van der Waals surface area contributed by atoms with E-state index in [1.54, 1.807) is 22.7 Å². The van der Waals surface area contributed by atoms with Crippen molar-refractivity contribution in [2.75, 3.05) is 51.1 Å². The van der Waals surface area contributed by atoms with E-state index >= 15 is 0 Å². The van der Waals surface area contributed by atoms with Crippen molar-refractivity contribution in [3.63, 3.8) is 0 Å². The van der Waals surface area contributed by atoms with E-state index in [0.29, 0.717) is 39.6 Å². The molecule has 0 N–H and O–H groups in total. The molecule has 0 radical (unpaired) electrons. The zero-order valence-electron chi connectivity index (χ0n) is 54.9. The van der Waals surface area contributed by atoms with Gasteiger partial charge in [0.05, 0.1) is 30.5 Å². The Morgan fingerprint density at radius 2 is 0.565 bits per heavy atom. The summed E-state index contributed by atoms with van der Waals surface area (Å²) in [5.41, 5.74) is 2.08. The van der Waals surface area contributed by atoms with E-state index in [1.165, 1.54) is 163 Å². The van der Waals surface area contributed by atoms with Gasteiger partial charge >= 0.3 is 17.6 Å². The smallest absolute Gasteiger partial charge is 0.373 e. The van der Waals surface area contributed by atoms with Crippen LogP contribution in [0.2, 0.25) is 0 Å². The average molecular weight is 1340 g/mol. The van der Waals surface area contributed by atoms with Crippen LogP contribution in [0.5, 0.6) is 0 Å². The number of hydrogen-bond donors (Lipinski definition) is 0. The molecule has 17 heteroatoms. The standard InChI is InChI=1S/C68H120N2O6S7Si2/c1-9-15-21-27-33-43-53-71-84(72-54-44-34-28-22-16-10-2,73-55-45-35-29-23-17-11-3)67(7,65-69-61-49-39-41-51-63(61)79-65)59-77-81-83-82-78-60-68(8,66-70-62-50-40-42-52-64(62)80-66)85(74-56-46-36-30-24-18-12-4,75-57-47-37-31-25-19-13-5)76-58-48-38-32-26-20-14-6/h39-42,49-52H,9-38,43-48,53-60H2,1-8H3. The van der Waals surface area contributed by atoms with Gasteiger partial charge in [-0.2, -0.15) is 0 Å². The summed E-state index contributed by atoms with van der Waals surface area (Å²) in [6.07, 6.45) is 43.5. The van der Waals surface area contributed by atoms with Crippen molar-refractivity contribution >= 4 is 112 Å². The molecule has 0 saturated carbocycles. The third kappa shape index (κ3) is 28.9. The van der Waals surface area contributed by atoms with Gasteiger partial charge in [-0.05, 0) is 106 Å². The normalized spacial score (nSPS) is 13.8. The number of benzene rings is 2. The van der Waals surface area contributed by atoms with Crippen molar-refractivity contribution in [2.45, 2.75) is 297 Å². The van der Waals surface area contributed by atoms with Gasteiger partial charge < -0.3 is 26.6 Å². The van der Waals surface area contributed by atoms with Crippen molar-refractivity contribution in [1.29, 1.82) is 0 Å². The Hall–Kier alpha value is 0.164. The van der Waals surface area contributed by atoms with Crippen molar-refractivity contribution < 1.29 is 26.6 Å². The number of thiazole rings is 2. The Labute approximate surface area is 550 Å². The summed E-state index contributed by atoms with van der Waals surface area (Å²) in [5.74, 6) is 1.52. The molecule has 4 aromatic rings. The number of aromatic nitrogens is 2. The first kappa shape index (κ1) is 77.6. The lowest BCUT2D eigenvalue weighted by molar-refractivity contribution is 0.0349. The molecule has 2 unspecified atom stereocenters. The fraction of sp³-hybridized carbons (Fsp3) is 0.794. The maximum Gasteiger partial charge on any atom is 0.515 e. The second-order valence-electron chi connectivity index (χ2n) is 24.2. The predicted molar refractivity (Wildman–Crippen MR) is 389 cm³/mol. The van der Waals surface area contributed by atoms with Gasteiger partial charge in [0.2, 0.25) is 0 Å². The van der Waals surface area contributed by atoms with Crippen molar-refractivity contribution in [3.8, 4) is 0 Å². The number of para-hydroxylation sites is 2. The molecule has 0 aliphatic rings. The van der Waals surface area contributed by atoms with Crippen LogP contribution in [-0.2, 0) is 36.6 Å². The molecule has 2 aromatic carbocycles. The summed E-state index contributed by atoms with van der Waals surface area (Å²) in [6.45, 7) is 22.4. The summed E-state index contributed by atoms with van der Waals surface area (Å²) >= 11 is 3.61. The molecule has 0 fully saturated rings. The fourth-order valence-corrected chi connectivity index (χ4v) is 31.4. The van der Waals surface area contributed by atoms with Crippen molar-refractivity contribution in [1.82, 2.24) is 9.97 Å². The number of unbranched alkanes of at least 4 members (excludes halogenated alkanes) is 30. The Morgan fingerprint density at radius 3 is 0.812 bits per heavy atom. The third-order valence-electron chi connectivity index (χ3n) is 16.5. The van der Waals surface area contributed by atoms with Gasteiger partial charge in [0.25, 0.3) is 0 Å². The molecular formula is C68H120N2O6S7Si2. The van der Waals surface area contributed by atoms with Gasteiger partial charge in [0.1, 0.15) is 10.0 Å². The van der Waals surface area contributed by atoms with Gasteiger partial charge in [0.15, 0.2) is 0 Å². The molecule has 0 aliphatic heterocycles. The van der Waals surface area contributed by atoms with E-state index in [-0.39, 0.29) is 0 Å². The molecule has 0 aliphatic carbocycles. The largest absolute Gasteiger partial charge is 0.515 e. The molecule has 0 spiro atoms. The van der Waals surface area contributed by atoms with Crippen LogP contribution in [0.15, 0.2) is 48.5 Å². The van der Waals surface area contributed by atoms with Crippen LogP contribution in [0.25, 0.3) is 20.4 Å². The lowest BCUT2D eigenvalue weighted by atomic mass is 10.1. The summed E-state index contributed by atoms with van der Waals surface area (Å²) in [6, 6.07) is 17.3. The lowest BCUT2D eigenvalue weighted by Gasteiger charge is -2.42. The number of hydrogen-bond acceptors (Lipinski definition) is 15. The molecule has 2 atom stereocenters. The van der Waals surface area contributed by atoms with Crippen LogP contribution in [0, 0.1) is 0 Å². The first-order chi connectivity index (χ1) is 41.7. The molecule has 488 valence electrons. The zero-order chi connectivity index (χ0) is 60.8. The predicted octanol–water partition coefficient (Wildman–Crippen LogP) is 24.7. The summed E-state index contributed by atoms with van der Waals surface area (Å²) < 4.78 is 47.0. The fourth-order valence-electron chi connectivity index (χ4n) is 10.9. The molecular weight excluding hydrogens is 1220 g/mol. The summed E-state index contributed by atoms with van der Waals surface area (Å²) in [7, 11) is 2.44. The van der Waals surface area contributed by atoms with Gasteiger partial charge in [-0.25, -0.2) is 9.97 Å². The van der Waals surface area contributed by atoms with E-state index < -0.39 is 27.7 Å². The maximum atomic E-state index is 7.43. The van der Waals surface area contributed by atoms with E-state index in [9.17, 15) is 0 Å². The van der Waals surface area contributed by atoms with Crippen LogP contribution < -0.4 is 0 Å². The molecule has 0 bridgehead atoms. The molecule has 2 heterocycles. The third-order valence-corrected chi connectivity index (χ3v) is 36.0. The van der Waals surface area contributed by atoms with Gasteiger partial charge in [-0.3, -0.25) is 0 Å². The summed E-state index contributed by atoms with van der Waals surface area (Å²) in [4.78, 5) is 11.0. The highest BCUT2D eigenvalue weighted by Crippen LogP contribution is 2.54. The van der Waals surface area contributed by atoms with E-state index in [4.69, 9.17) is 36.5 Å². The molecule has 8 nitrogen and oxygen atoms in total. The number of rotatable bonds is 60. The van der Waals surface area contributed by atoms with Crippen molar-refractivity contribution in [2.24, 2.45) is 0 Å². The Bertz CT molecular complexity index is 1910. The Balaban J connectivity index is 1.66. The Morgan fingerprint density at radius 1 is 0.329 bits per heavy atom. The van der Waals surface area contributed by atoms with Gasteiger partial charge in [0, 0.05) is 51.1 Å². The van der Waals surface area contributed by atoms with Gasteiger partial charge in [-0.1, -0.05) is 280 Å². The highest BCUT2D eigenvalue weighted by molar-refractivity contribution is 9.35. The minimum absolute atomic E-state index is 0.579. The minimum atomic E-state index is -3.47. The van der Waals surface area contributed by atoms with E-state index in [1.807, 2.05) is 51.1 Å². The number of nitrogens with zero attached hydrogens (tertiary/aromatic N) is 2. The lowest BCUT2D eigenvalue weighted by Crippen LogP contribution is -2.63. The molecule has 0 amide bonds. The molecule has 4 rings (SSSR count). The quantitative estimate of drug-likeness (QED) is 0.0239. The van der Waals surface area contributed by atoms with Crippen LogP contribution in [0.4, 0.5) is 0 Å². The van der Waals surface area contributed by atoms with E-state index in [2.05, 4.69) is 104 Å². The SMILES string of the molecule is CCCCCCCCO[Si](OCCCCCCCC)(OCCCCCCCC)C(C)(CSSSSSCC(C)(c1nc2ccccc2s1)[Si](OCCCCCCCC)(OCCCCCCCC)OCCCCCCCC)c1nc2ccccc2s1. The molecule has 2 aromatic heterocycles. The van der Waals surface area contributed by atoms with Crippen molar-refractivity contribution in [3.05, 3.63) is 58.5 Å². The number of fused-ring (bicyclic) bond motifs is 2. The highest BCUT2D eigenvalue weighted by atomic mass is 33.8. The Kier molecular flexibility index (Phi) is 44.6. The zero-order valence-corrected chi connectivity index (χ0v) is 62.6. The average Bonchev–Trinajstić information content (AvgIpc) is 2.10. The maximum absolute atomic E-state index is 7.43. The first-order valence-corrected chi connectivity index (χ1v) is 46.1. The first-order valence-electron chi connectivity index (χ1n) is 34.5. The van der Waals surface area contributed by atoms with Crippen LogP contribution >= 0.6 is 73.7 Å². The topological polar surface area (TPSA) is 81.2 Å². The minimum Gasteiger partial charge on any atom is -0.373 e. The second-order valence-corrected chi connectivity index (χ2v) is 40.2. The summed E-state index contributed by atoms with van der Waals surface area (Å²) in [5, 5.41) is 0.990. The molecule has 85 heavy (non-hydrogen) atoms. The second kappa shape index (κ2) is 48.8.